The van der Waals surface area contributed by atoms with Gasteiger partial charge in [0, 0.05) is 42.1 Å². The summed E-state index contributed by atoms with van der Waals surface area (Å²) in [5.74, 6) is 7.25. The summed E-state index contributed by atoms with van der Waals surface area (Å²) in [4.78, 5) is 14.6. The van der Waals surface area contributed by atoms with Gasteiger partial charge in [-0.2, -0.15) is 0 Å². The molecule has 2 unspecified atom stereocenters. The van der Waals surface area contributed by atoms with Crippen LogP contribution >= 0.6 is 0 Å². The van der Waals surface area contributed by atoms with Gasteiger partial charge < -0.3 is 8.98 Å². The van der Waals surface area contributed by atoms with E-state index in [4.69, 9.17) is 14.4 Å². The quantitative estimate of drug-likeness (QED) is 0.112. The maximum Gasteiger partial charge on any atom is 0 e. The van der Waals surface area contributed by atoms with E-state index in [1.54, 1.807) is 0 Å². The van der Waals surface area contributed by atoms with Crippen LogP contribution in [0.4, 0.5) is 0 Å². The van der Waals surface area contributed by atoms with Crippen molar-refractivity contribution in [3.8, 4) is 39.5 Å². The Labute approximate surface area is 404 Å². The van der Waals surface area contributed by atoms with Gasteiger partial charge in [-0.05, 0) is 42.1 Å². The van der Waals surface area contributed by atoms with E-state index < -0.39 is 19.2 Å². The molecule has 5 nitrogen and oxygen atoms in total. The minimum absolute atomic E-state index is 0. The third-order valence-electron chi connectivity index (χ3n) is 12.5. The van der Waals surface area contributed by atoms with Crippen molar-refractivity contribution in [3.05, 3.63) is 211 Å². The molecular weight excluding hydrogens is 1050 g/mol. The molecule has 0 aliphatic carbocycles. The molecule has 0 aliphatic rings. The van der Waals surface area contributed by atoms with E-state index in [2.05, 4.69) is 174 Å². The Morgan fingerprint density at radius 1 is 0.682 bits per heavy atom. The minimum atomic E-state index is -2.20. The maximum atomic E-state index is 9.38. The van der Waals surface area contributed by atoms with Crippen molar-refractivity contribution in [1.82, 2.24) is 19.5 Å². The van der Waals surface area contributed by atoms with Gasteiger partial charge in [0.2, 0.25) is 5.71 Å². The molecule has 2 atom stereocenters. The number of furan rings is 1. The zero-order valence-electron chi connectivity index (χ0n) is 38.9. The number of rotatable bonds is 8. The fraction of sp³-hybridized carbons (Fsp3) is 0.136. The number of fused-ring (bicyclic) bond motifs is 5. The molecule has 0 amide bonds. The second kappa shape index (κ2) is 18.8. The van der Waals surface area contributed by atoms with E-state index in [0.717, 1.165) is 83.5 Å². The van der Waals surface area contributed by atoms with Crippen molar-refractivity contribution in [1.29, 1.82) is 0 Å². The van der Waals surface area contributed by atoms with Crippen LogP contribution in [0.1, 0.15) is 43.9 Å². The second-order valence-corrected chi connectivity index (χ2v) is 28.3. The number of benzene rings is 7. The van der Waals surface area contributed by atoms with Gasteiger partial charge in [-0.25, -0.2) is 4.98 Å². The normalized spacial score (nSPS) is 13.2. The van der Waals surface area contributed by atoms with Gasteiger partial charge in [0.15, 0.2) is 0 Å². The van der Waals surface area contributed by atoms with Crippen molar-refractivity contribution < 1.29 is 25.9 Å². The van der Waals surface area contributed by atoms with E-state index in [-0.39, 0.29) is 26.0 Å². The van der Waals surface area contributed by atoms with Crippen molar-refractivity contribution in [2.24, 2.45) is 0 Å². The van der Waals surface area contributed by atoms with Crippen LogP contribution in [0.15, 0.2) is 187 Å². The molecule has 0 saturated heterocycles. The average Bonchev–Trinajstić information content (AvgIpc) is 3.92. The molecule has 7 heteroatoms. The molecule has 11 aromatic rings. The number of hydrogen-bond acceptors (Lipinski definition) is 4. The summed E-state index contributed by atoms with van der Waals surface area (Å²) in [5.41, 5.74) is 12.6. The van der Waals surface area contributed by atoms with Gasteiger partial charge in [-0.3, -0.25) is 4.98 Å². The summed E-state index contributed by atoms with van der Waals surface area (Å²) in [6.07, 6.45) is 2.04. The molecule has 0 spiro atoms. The zero-order valence-corrected chi connectivity index (χ0v) is 42.4. The maximum absolute atomic E-state index is 9.38. The molecule has 0 saturated carbocycles. The Kier molecular flexibility index (Phi) is 12.4. The van der Waals surface area contributed by atoms with Gasteiger partial charge in [0.1, 0.15) is 0 Å². The zero-order chi connectivity index (χ0) is 45.6. The molecule has 11 rings (SSSR count). The fourth-order valence-corrected chi connectivity index (χ4v) is 12.2. The number of pyridine rings is 2. The van der Waals surface area contributed by atoms with Crippen LogP contribution in [-0.2, 0) is 20.1 Å². The van der Waals surface area contributed by atoms with Crippen LogP contribution in [0.25, 0.3) is 83.3 Å². The number of aromatic nitrogens is 4. The number of aryl methyl sites for hydroxylation is 1. The number of para-hydroxylation sites is 2. The summed E-state index contributed by atoms with van der Waals surface area (Å²) in [7, 11) is 0. The molecule has 1 radical (unpaired) electrons. The van der Waals surface area contributed by atoms with Crippen LogP contribution in [-0.4, -0.2) is 32.8 Å². The predicted octanol–water partition coefficient (Wildman–Crippen LogP) is 14.9. The third kappa shape index (κ3) is 8.57. The first-order valence-corrected chi connectivity index (χ1v) is 29.6. The monoisotopic (exact) mass is 1100 g/mol. The van der Waals surface area contributed by atoms with Crippen LogP contribution < -0.4 is 4.40 Å². The molecule has 0 bridgehead atoms. The van der Waals surface area contributed by atoms with Gasteiger partial charge in [-0.15, -0.1) is 18.2 Å². The molecule has 4 heterocycles. The first kappa shape index (κ1) is 43.5. The third-order valence-corrected chi connectivity index (χ3v) is 16.7. The van der Waals surface area contributed by atoms with E-state index >= 15 is 0 Å². The summed E-state index contributed by atoms with van der Waals surface area (Å²) < 4.78 is 19.4. The fourth-order valence-electron chi connectivity index (χ4n) is 8.95. The second-order valence-electron chi connectivity index (χ2n) is 17.8. The van der Waals surface area contributed by atoms with Gasteiger partial charge in [0.05, 0.1) is 28.1 Å². The Balaban J connectivity index is 0.000000178. The van der Waals surface area contributed by atoms with Gasteiger partial charge in [-0.1, -0.05) is 89.8 Å². The summed E-state index contributed by atoms with van der Waals surface area (Å²) in [5, 5.41) is 4.31. The van der Waals surface area contributed by atoms with Crippen LogP contribution in [0.2, 0.25) is 17.3 Å². The van der Waals surface area contributed by atoms with Crippen LogP contribution in [0, 0.1) is 19.1 Å². The van der Waals surface area contributed by atoms with Crippen LogP contribution in [0.5, 0.6) is 0 Å². The predicted molar refractivity (Wildman–Crippen MR) is 273 cm³/mol. The molecule has 7 aromatic carbocycles. The summed E-state index contributed by atoms with van der Waals surface area (Å²) >= 11 is -2.20. The molecular formula is C59H50GeIrN4O-2. The van der Waals surface area contributed by atoms with E-state index in [9.17, 15) is 1.37 Å². The molecule has 0 aliphatic heterocycles. The number of hydrogen-bond donors (Lipinski definition) is 0. The number of imidazole rings is 1. The number of nitrogens with zero attached hydrogens (tertiary/aromatic N) is 4. The molecule has 0 fully saturated rings. The van der Waals surface area contributed by atoms with Crippen molar-refractivity contribution >= 4 is 61.5 Å². The summed E-state index contributed by atoms with van der Waals surface area (Å²) in [6.45, 7) is 6.19. The van der Waals surface area contributed by atoms with Gasteiger partial charge >= 0.3 is 162 Å². The van der Waals surface area contributed by atoms with Crippen molar-refractivity contribution in [2.75, 3.05) is 0 Å². The molecule has 0 N–H and O–H groups in total. The van der Waals surface area contributed by atoms with E-state index in [0.29, 0.717) is 5.71 Å². The topological polar surface area (TPSA) is 56.7 Å². The minimum Gasteiger partial charge on any atom is 0 e. The molecule has 327 valence electrons. The Bertz CT molecular complexity index is 3530. The van der Waals surface area contributed by atoms with E-state index in [1.165, 1.54) is 15.3 Å². The van der Waals surface area contributed by atoms with Crippen molar-refractivity contribution in [2.45, 2.75) is 49.9 Å². The van der Waals surface area contributed by atoms with E-state index in [1.807, 2.05) is 67.7 Å². The largest absolute Gasteiger partial charge is 0 e. The average molecular weight is 1100 g/mol. The van der Waals surface area contributed by atoms with Crippen LogP contribution in [0.3, 0.4) is 0 Å². The Morgan fingerprint density at radius 3 is 2.18 bits per heavy atom. The Hall–Kier alpha value is -6.44. The Morgan fingerprint density at radius 2 is 1.41 bits per heavy atom. The summed E-state index contributed by atoms with van der Waals surface area (Å²) in [6, 6.07) is 67.1. The smallest absolute Gasteiger partial charge is 0 e. The molecule has 66 heavy (non-hydrogen) atoms. The first-order chi connectivity index (χ1) is 32.0. The standard InChI is InChI=1S/C35H22N3O.C24H28GeN.Ir/c1-22-18-20-28-27-14-9-15-29(33(27)39-35(28)36-22)34-37-30-16-7-8-17-31(30)38(34)32-25-13-6-5-12-24(25)19-21-26(32)23-10-3-2-4-11-23;1-18(20-12-8-6-9-13-20)19(2)22-16-24(21-14-10-7-11-15-21)26-17-23(22)25(3,4)5;/h2-14,16-21H,1H3;6-14,16-19H,1-5H3;/q2*-1;/i;19D;. The first-order valence-electron chi connectivity index (χ1n) is 22.8. The van der Waals surface area contributed by atoms with Crippen molar-refractivity contribution in [3.63, 3.8) is 0 Å². The SMILES string of the molecule is Cc1ccc2c(n1)oc1c(-c3nc4ccccc4n3-c3c(-c4ccccc4)ccc4ccccc34)[c-]ccc12.[2H]C(C)(c1cc(-c2[c-]cccc2)nc[c]1[Ge]([CH3])([CH3])[CH3])C(C)c1ccccc1.[Ir]. The van der Waals surface area contributed by atoms with Gasteiger partial charge in [0.25, 0.3) is 0 Å². The molecule has 4 aromatic heterocycles.